The standard InChI is InChI=1S/C11H9F2NO2/c12-6-1-2-8(9(13)3-6)10-4-7(15)5-11(16)14-10/h1-3,10H,4-5H2,(H,14,16). The van der Waals surface area contributed by atoms with Crippen molar-refractivity contribution in [3.63, 3.8) is 0 Å². The number of Topliss-reactive ketones (excluding diaryl/α,β-unsaturated/α-hetero) is 1. The highest BCUT2D eigenvalue weighted by Gasteiger charge is 2.27. The van der Waals surface area contributed by atoms with Crippen LogP contribution in [0, 0.1) is 11.6 Å². The van der Waals surface area contributed by atoms with Crippen LogP contribution in [-0.4, -0.2) is 11.7 Å². The summed E-state index contributed by atoms with van der Waals surface area (Å²) >= 11 is 0. The van der Waals surface area contributed by atoms with Crippen molar-refractivity contribution in [1.29, 1.82) is 0 Å². The van der Waals surface area contributed by atoms with Gasteiger partial charge in [0.15, 0.2) is 0 Å². The lowest BCUT2D eigenvalue weighted by atomic mass is 9.96. The van der Waals surface area contributed by atoms with E-state index in [1.807, 2.05) is 0 Å². The molecule has 3 nitrogen and oxygen atoms in total. The smallest absolute Gasteiger partial charge is 0.227 e. The summed E-state index contributed by atoms with van der Waals surface area (Å²) < 4.78 is 26.1. The van der Waals surface area contributed by atoms with E-state index >= 15 is 0 Å². The van der Waals surface area contributed by atoms with E-state index in [-0.39, 0.29) is 24.2 Å². The zero-order valence-electron chi connectivity index (χ0n) is 8.30. The van der Waals surface area contributed by atoms with E-state index in [4.69, 9.17) is 0 Å². The van der Waals surface area contributed by atoms with E-state index < -0.39 is 23.6 Å². The van der Waals surface area contributed by atoms with Crippen LogP contribution in [0.2, 0.25) is 0 Å². The molecule has 0 bridgehead atoms. The number of benzene rings is 1. The summed E-state index contributed by atoms with van der Waals surface area (Å²) in [5.41, 5.74) is 0.141. The van der Waals surface area contributed by atoms with Crippen LogP contribution in [0.15, 0.2) is 18.2 Å². The molecule has 1 amide bonds. The first kappa shape index (κ1) is 10.7. The second-order valence-electron chi connectivity index (χ2n) is 3.71. The zero-order chi connectivity index (χ0) is 11.7. The van der Waals surface area contributed by atoms with E-state index in [0.717, 1.165) is 12.1 Å². The maximum Gasteiger partial charge on any atom is 0.227 e. The van der Waals surface area contributed by atoms with Gasteiger partial charge in [0, 0.05) is 18.1 Å². The first-order valence-corrected chi connectivity index (χ1v) is 4.82. The Morgan fingerprint density at radius 2 is 2.00 bits per heavy atom. The first-order valence-electron chi connectivity index (χ1n) is 4.82. The third-order valence-corrected chi connectivity index (χ3v) is 2.46. The SMILES string of the molecule is O=C1CC(=O)NC(c2ccc(F)cc2F)C1. The van der Waals surface area contributed by atoms with Crippen LogP contribution < -0.4 is 5.32 Å². The van der Waals surface area contributed by atoms with Gasteiger partial charge < -0.3 is 5.32 Å². The summed E-state index contributed by atoms with van der Waals surface area (Å²) in [7, 11) is 0. The number of hydrogen-bond donors (Lipinski definition) is 1. The van der Waals surface area contributed by atoms with Gasteiger partial charge in [0.1, 0.15) is 17.4 Å². The molecule has 0 radical (unpaired) electrons. The number of halogens is 2. The molecule has 1 atom stereocenters. The zero-order valence-corrected chi connectivity index (χ0v) is 8.30. The van der Waals surface area contributed by atoms with Crippen molar-refractivity contribution >= 4 is 11.7 Å². The van der Waals surface area contributed by atoms with Gasteiger partial charge in [-0.2, -0.15) is 0 Å². The van der Waals surface area contributed by atoms with Crippen LogP contribution in [0.25, 0.3) is 0 Å². The molecule has 16 heavy (non-hydrogen) atoms. The number of rotatable bonds is 1. The van der Waals surface area contributed by atoms with Crippen LogP contribution in [0.3, 0.4) is 0 Å². The highest BCUT2D eigenvalue weighted by molar-refractivity contribution is 6.00. The molecule has 1 unspecified atom stereocenters. The van der Waals surface area contributed by atoms with Crippen molar-refractivity contribution in [3.05, 3.63) is 35.4 Å². The molecule has 0 aliphatic carbocycles. The number of ketones is 1. The van der Waals surface area contributed by atoms with Crippen LogP contribution in [0.1, 0.15) is 24.4 Å². The molecule has 0 spiro atoms. The molecule has 84 valence electrons. The van der Waals surface area contributed by atoms with E-state index in [1.165, 1.54) is 6.07 Å². The lowest BCUT2D eigenvalue weighted by Crippen LogP contribution is -2.37. The fourth-order valence-corrected chi connectivity index (χ4v) is 1.75. The predicted molar refractivity (Wildman–Crippen MR) is 51.5 cm³/mol. The fraction of sp³-hybridized carbons (Fsp3) is 0.273. The van der Waals surface area contributed by atoms with Crippen molar-refractivity contribution in [1.82, 2.24) is 5.32 Å². The summed E-state index contributed by atoms with van der Waals surface area (Å²) in [6.07, 6.45) is -0.117. The van der Waals surface area contributed by atoms with Gasteiger partial charge in [0.05, 0.1) is 12.5 Å². The van der Waals surface area contributed by atoms with Gasteiger partial charge in [-0.3, -0.25) is 9.59 Å². The van der Waals surface area contributed by atoms with E-state index in [0.29, 0.717) is 0 Å². The Bertz CT molecular complexity index is 443. The molecule has 1 saturated heterocycles. The van der Waals surface area contributed by atoms with Crippen molar-refractivity contribution in [3.8, 4) is 0 Å². The number of hydrogen-bond acceptors (Lipinski definition) is 2. The molecule has 1 N–H and O–H groups in total. The van der Waals surface area contributed by atoms with Gasteiger partial charge in [-0.05, 0) is 6.07 Å². The summed E-state index contributed by atoms with van der Waals surface area (Å²) in [6, 6.07) is 2.40. The average molecular weight is 225 g/mol. The molecule has 1 heterocycles. The molecule has 0 aromatic heterocycles. The molecule has 1 aliphatic rings. The number of nitrogens with one attached hydrogen (secondary N) is 1. The summed E-state index contributed by atoms with van der Waals surface area (Å²) in [6.45, 7) is 0. The van der Waals surface area contributed by atoms with Gasteiger partial charge >= 0.3 is 0 Å². The number of piperidine rings is 1. The first-order chi connectivity index (χ1) is 7.56. The van der Waals surface area contributed by atoms with Crippen LogP contribution in [0.4, 0.5) is 8.78 Å². The monoisotopic (exact) mass is 225 g/mol. The lowest BCUT2D eigenvalue weighted by Gasteiger charge is -2.23. The Morgan fingerprint density at radius 3 is 2.62 bits per heavy atom. The molecule has 1 aliphatic heterocycles. The predicted octanol–water partition coefficient (Wildman–Crippen LogP) is 1.48. The minimum Gasteiger partial charge on any atom is -0.348 e. The van der Waals surface area contributed by atoms with Crippen LogP contribution in [0.5, 0.6) is 0 Å². The molecule has 5 heteroatoms. The number of carbonyl (C=O) groups excluding carboxylic acids is 2. The third-order valence-electron chi connectivity index (χ3n) is 2.46. The van der Waals surface area contributed by atoms with Gasteiger partial charge in [0.2, 0.25) is 5.91 Å². The van der Waals surface area contributed by atoms with Gasteiger partial charge in [-0.15, -0.1) is 0 Å². The highest BCUT2D eigenvalue weighted by Crippen LogP contribution is 2.24. The van der Waals surface area contributed by atoms with Crippen molar-refractivity contribution in [2.24, 2.45) is 0 Å². The second kappa shape index (κ2) is 4.00. The van der Waals surface area contributed by atoms with Crippen molar-refractivity contribution in [2.75, 3.05) is 0 Å². The van der Waals surface area contributed by atoms with E-state index in [9.17, 15) is 18.4 Å². The maximum atomic E-state index is 13.4. The number of amides is 1. The lowest BCUT2D eigenvalue weighted by molar-refractivity contribution is -0.132. The Kier molecular flexibility index (Phi) is 2.68. The largest absolute Gasteiger partial charge is 0.348 e. The second-order valence-corrected chi connectivity index (χ2v) is 3.71. The van der Waals surface area contributed by atoms with Gasteiger partial charge in [0.25, 0.3) is 0 Å². The van der Waals surface area contributed by atoms with Crippen molar-refractivity contribution in [2.45, 2.75) is 18.9 Å². The average Bonchev–Trinajstić information content (AvgIpc) is 2.15. The number of carbonyl (C=O) groups is 2. The van der Waals surface area contributed by atoms with Crippen LogP contribution in [-0.2, 0) is 9.59 Å². The Hall–Kier alpha value is -1.78. The minimum atomic E-state index is -0.750. The van der Waals surface area contributed by atoms with Gasteiger partial charge in [-0.1, -0.05) is 6.07 Å². The normalized spacial score (nSPS) is 20.8. The maximum absolute atomic E-state index is 13.4. The molecule has 1 aromatic rings. The highest BCUT2D eigenvalue weighted by atomic mass is 19.1. The minimum absolute atomic E-state index is 0.0499. The quantitative estimate of drug-likeness (QED) is 0.736. The Labute approximate surface area is 90.5 Å². The molecular formula is C11H9F2NO2. The van der Waals surface area contributed by atoms with Crippen molar-refractivity contribution < 1.29 is 18.4 Å². The summed E-state index contributed by atoms with van der Waals surface area (Å²) in [4.78, 5) is 22.3. The molecule has 1 aromatic carbocycles. The Balaban J connectivity index is 2.29. The summed E-state index contributed by atoms with van der Waals surface area (Å²) in [5.74, 6) is -2.10. The summed E-state index contributed by atoms with van der Waals surface area (Å²) in [5, 5.41) is 2.50. The molecular weight excluding hydrogens is 216 g/mol. The molecule has 2 rings (SSSR count). The molecule has 1 fully saturated rings. The molecule has 0 saturated carbocycles. The topological polar surface area (TPSA) is 46.2 Å². The van der Waals surface area contributed by atoms with E-state index in [1.54, 1.807) is 0 Å². The van der Waals surface area contributed by atoms with Crippen LogP contribution >= 0.6 is 0 Å². The van der Waals surface area contributed by atoms with E-state index in [2.05, 4.69) is 5.32 Å². The van der Waals surface area contributed by atoms with Gasteiger partial charge in [-0.25, -0.2) is 8.78 Å². The fourth-order valence-electron chi connectivity index (χ4n) is 1.75. The third kappa shape index (κ3) is 2.08. The Morgan fingerprint density at radius 1 is 1.25 bits per heavy atom.